The van der Waals surface area contributed by atoms with Crippen molar-refractivity contribution in [1.82, 2.24) is 9.80 Å². The van der Waals surface area contributed by atoms with Gasteiger partial charge in [0.2, 0.25) is 0 Å². The largest absolute Gasteiger partial charge is 0.507 e. The van der Waals surface area contributed by atoms with E-state index in [9.17, 15) is 31.5 Å². The molecule has 0 aliphatic carbocycles. The number of carbonyl (C=O) groups excluding carboxylic acids is 2. The van der Waals surface area contributed by atoms with Gasteiger partial charge in [0, 0.05) is 61.5 Å². The van der Waals surface area contributed by atoms with Crippen LogP contribution in [0.4, 0.5) is 0 Å². The summed E-state index contributed by atoms with van der Waals surface area (Å²) in [5, 5.41) is 11.1. The topological polar surface area (TPSA) is 148 Å². The molecule has 42 heavy (non-hydrogen) atoms. The number of phenolic OH excluding ortho intramolecular Hbond substituents is 1. The molecule has 15 heteroatoms. The average molecular weight is 664 g/mol. The highest BCUT2D eigenvalue weighted by molar-refractivity contribution is 7.91. The highest BCUT2D eigenvalue weighted by atomic mass is 35.5. The van der Waals surface area contributed by atoms with Crippen LogP contribution in [0, 0.1) is 0 Å². The number of ketones is 1. The van der Waals surface area contributed by atoms with Crippen molar-refractivity contribution in [2.24, 2.45) is 0 Å². The lowest BCUT2D eigenvalue weighted by Gasteiger charge is -2.29. The highest BCUT2D eigenvalue weighted by Gasteiger charge is 2.27. The van der Waals surface area contributed by atoms with Crippen LogP contribution in [0.15, 0.2) is 24.3 Å². The molecule has 2 aliphatic heterocycles. The molecule has 0 saturated carbocycles. The normalized spacial score (nSPS) is 18.8. The minimum Gasteiger partial charge on any atom is -0.507 e. The Morgan fingerprint density at radius 3 is 1.83 bits per heavy atom. The van der Waals surface area contributed by atoms with Gasteiger partial charge in [-0.1, -0.05) is 23.2 Å². The number of nitrogens with zero attached hydrogens (tertiary/aromatic N) is 2. The van der Waals surface area contributed by atoms with E-state index in [0.717, 1.165) is 0 Å². The molecule has 0 spiro atoms. The Bertz CT molecular complexity index is 1480. The van der Waals surface area contributed by atoms with Crippen molar-refractivity contribution in [2.45, 2.75) is 20.0 Å². The molecule has 2 aromatic rings. The summed E-state index contributed by atoms with van der Waals surface area (Å²) >= 11 is 12.8. The fourth-order valence-corrected chi connectivity index (χ4v) is 7.76. The first kappa shape index (κ1) is 32.5. The predicted molar refractivity (Wildman–Crippen MR) is 158 cm³/mol. The number of rotatable bonds is 10. The number of sulfone groups is 2. The summed E-state index contributed by atoms with van der Waals surface area (Å²) < 4.78 is 57.8. The predicted octanol–water partition coefficient (Wildman–Crippen LogP) is 2.33. The molecule has 2 saturated heterocycles. The zero-order chi connectivity index (χ0) is 30.7. The van der Waals surface area contributed by atoms with Crippen molar-refractivity contribution >= 4 is 54.6 Å². The Morgan fingerprint density at radius 1 is 0.857 bits per heavy atom. The first-order chi connectivity index (χ1) is 19.8. The first-order valence-corrected chi connectivity index (χ1v) is 17.7. The Kier molecular flexibility index (Phi) is 10.4. The highest BCUT2D eigenvalue weighted by Crippen LogP contribution is 2.37. The maximum atomic E-state index is 13.7. The summed E-state index contributed by atoms with van der Waals surface area (Å²) in [5.74, 6) is -1.02. The maximum absolute atomic E-state index is 13.7. The molecule has 0 bridgehead atoms. The molecular formula is C27H32Cl2N2O9S2. The van der Waals surface area contributed by atoms with E-state index in [2.05, 4.69) is 0 Å². The second-order valence-electron chi connectivity index (χ2n) is 10.2. The van der Waals surface area contributed by atoms with Crippen LogP contribution in [0.3, 0.4) is 0 Å². The Labute approximate surface area is 255 Å². The maximum Gasteiger partial charge on any atom is 0.344 e. The molecule has 2 heterocycles. The van der Waals surface area contributed by atoms with Gasteiger partial charge in [-0.05, 0) is 31.2 Å². The summed E-state index contributed by atoms with van der Waals surface area (Å²) in [7, 11) is -6.23. The molecule has 2 aliphatic rings. The molecule has 230 valence electrons. The molecular weight excluding hydrogens is 631 g/mol. The smallest absolute Gasteiger partial charge is 0.344 e. The number of hydrogen-bond acceptors (Lipinski definition) is 11. The summed E-state index contributed by atoms with van der Waals surface area (Å²) in [4.78, 5) is 29.2. The van der Waals surface area contributed by atoms with Crippen LogP contribution in [0.1, 0.15) is 34.0 Å². The van der Waals surface area contributed by atoms with Crippen LogP contribution in [0.5, 0.6) is 11.5 Å². The Morgan fingerprint density at radius 2 is 1.36 bits per heavy atom. The summed E-state index contributed by atoms with van der Waals surface area (Å²) in [6.07, 6.45) is 0. The van der Waals surface area contributed by atoms with Gasteiger partial charge in [-0.2, -0.15) is 0 Å². The fraction of sp³-hybridized carbons (Fsp3) is 0.481. The van der Waals surface area contributed by atoms with Gasteiger partial charge in [0.1, 0.15) is 16.5 Å². The number of ether oxygens (including phenoxy) is 2. The van der Waals surface area contributed by atoms with Crippen LogP contribution in [-0.4, -0.2) is 106 Å². The summed E-state index contributed by atoms with van der Waals surface area (Å²) in [5.41, 5.74) is 1.14. The second-order valence-corrected chi connectivity index (χ2v) is 15.5. The van der Waals surface area contributed by atoms with E-state index in [-0.39, 0.29) is 102 Å². The Hall–Kier alpha value is -2.42. The van der Waals surface area contributed by atoms with Crippen LogP contribution >= 0.6 is 23.2 Å². The molecule has 0 unspecified atom stereocenters. The number of phenols is 1. The van der Waals surface area contributed by atoms with E-state index in [1.54, 1.807) is 19.1 Å². The van der Waals surface area contributed by atoms with Gasteiger partial charge < -0.3 is 14.6 Å². The standard InChI is InChI=1S/C27H32Cl2N2O9S2/c1-2-39-23(32)17-40-22-4-3-21(24(28)25(22)29)27(34)18-13-19(15-30-5-9-41(35,36)10-6-30)26(33)20(14-18)16-31-7-11-42(37,38)12-8-31/h3-4,13-14,33H,2,5-12,15-17H2,1H3. The zero-order valence-corrected chi connectivity index (χ0v) is 26.1. The van der Waals surface area contributed by atoms with Gasteiger partial charge >= 0.3 is 5.97 Å². The number of aromatic hydroxyl groups is 1. The van der Waals surface area contributed by atoms with Crippen molar-refractivity contribution < 1.29 is 41.0 Å². The molecule has 2 fully saturated rings. The fourth-order valence-electron chi connectivity index (χ4n) is 4.74. The van der Waals surface area contributed by atoms with Crippen molar-refractivity contribution in [2.75, 3.05) is 62.4 Å². The van der Waals surface area contributed by atoms with E-state index in [1.165, 1.54) is 12.1 Å². The molecule has 0 atom stereocenters. The number of hydrogen-bond donors (Lipinski definition) is 1. The number of benzene rings is 2. The lowest BCUT2D eigenvalue weighted by atomic mass is 9.96. The number of halogens is 2. The van der Waals surface area contributed by atoms with Crippen LogP contribution in [0.25, 0.3) is 0 Å². The van der Waals surface area contributed by atoms with Crippen molar-refractivity contribution in [3.05, 3.63) is 56.6 Å². The van der Waals surface area contributed by atoms with Gasteiger partial charge in [0.05, 0.1) is 34.6 Å². The first-order valence-electron chi connectivity index (χ1n) is 13.3. The average Bonchev–Trinajstić information content (AvgIpc) is 2.93. The molecule has 0 amide bonds. The van der Waals surface area contributed by atoms with Gasteiger partial charge in [0.25, 0.3) is 0 Å². The third-order valence-corrected chi connectivity index (χ3v) is 11.2. The third kappa shape index (κ3) is 8.14. The quantitative estimate of drug-likeness (QED) is 0.295. The monoisotopic (exact) mass is 662 g/mol. The number of esters is 1. The SMILES string of the molecule is CCOC(=O)COc1ccc(C(=O)c2cc(CN3CCS(=O)(=O)CC3)c(O)c(CN3CCS(=O)(=O)CC3)c2)c(Cl)c1Cl. The molecule has 0 aromatic heterocycles. The Balaban J connectivity index is 1.63. The lowest BCUT2D eigenvalue weighted by Crippen LogP contribution is -2.40. The van der Waals surface area contributed by atoms with E-state index in [4.69, 9.17) is 32.7 Å². The van der Waals surface area contributed by atoms with Crippen molar-refractivity contribution in [1.29, 1.82) is 0 Å². The van der Waals surface area contributed by atoms with Gasteiger partial charge in [-0.15, -0.1) is 0 Å². The minimum atomic E-state index is -3.11. The lowest BCUT2D eigenvalue weighted by molar-refractivity contribution is -0.145. The molecule has 11 nitrogen and oxygen atoms in total. The summed E-state index contributed by atoms with van der Waals surface area (Å²) in [6, 6.07) is 5.93. The minimum absolute atomic E-state index is 0.000184. The van der Waals surface area contributed by atoms with Gasteiger partial charge in [-0.25, -0.2) is 21.6 Å². The van der Waals surface area contributed by atoms with Crippen LogP contribution in [0.2, 0.25) is 10.0 Å². The molecule has 2 aromatic carbocycles. The molecule has 4 rings (SSSR count). The van der Waals surface area contributed by atoms with Crippen molar-refractivity contribution in [3.8, 4) is 11.5 Å². The second kappa shape index (κ2) is 13.5. The summed E-state index contributed by atoms with van der Waals surface area (Å²) in [6.45, 7) is 3.02. The zero-order valence-electron chi connectivity index (χ0n) is 23.0. The van der Waals surface area contributed by atoms with E-state index in [1.807, 2.05) is 9.80 Å². The van der Waals surface area contributed by atoms with Crippen molar-refractivity contribution in [3.63, 3.8) is 0 Å². The third-order valence-electron chi connectivity index (χ3n) is 7.13. The van der Waals surface area contributed by atoms with Crippen LogP contribution < -0.4 is 4.74 Å². The van der Waals surface area contributed by atoms with E-state index >= 15 is 0 Å². The van der Waals surface area contributed by atoms with Crippen LogP contribution in [-0.2, 0) is 42.3 Å². The van der Waals surface area contributed by atoms with E-state index < -0.39 is 38.0 Å². The molecule has 0 radical (unpaired) electrons. The number of carbonyl (C=O) groups is 2. The van der Waals surface area contributed by atoms with Gasteiger partial charge in [0.15, 0.2) is 32.1 Å². The van der Waals surface area contributed by atoms with Gasteiger partial charge in [-0.3, -0.25) is 14.6 Å². The van der Waals surface area contributed by atoms with E-state index in [0.29, 0.717) is 11.1 Å². The molecule has 1 N–H and O–H groups in total.